The monoisotopic (exact) mass is 543 g/mol. The van der Waals surface area contributed by atoms with E-state index in [4.69, 9.17) is 27.9 Å². The number of unbranched alkanes of at least 4 members (excludes halogenated alkanes) is 1. The van der Waals surface area contributed by atoms with Gasteiger partial charge in [0.1, 0.15) is 18.3 Å². The summed E-state index contributed by atoms with van der Waals surface area (Å²) in [5, 5.41) is 3.00. The lowest BCUT2D eigenvalue weighted by molar-refractivity contribution is -0.139. The van der Waals surface area contributed by atoms with Crippen LogP contribution in [0.2, 0.25) is 10.0 Å². The molecule has 0 spiro atoms. The first-order valence-electron chi connectivity index (χ1n) is 11.1. The maximum Gasteiger partial charge on any atom is 0.244 e. The van der Waals surface area contributed by atoms with Gasteiger partial charge in [0.25, 0.3) is 0 Å². The maximum absolute atomic E-state index is 13.5. The number of amides is 2. The number of anilines is 1. The van der Waals surface area contributed by atoms with E-state index in [0.717, 1.165) is 29.0 Å². The van der Waals surface area contributed by atoms with Crippen molar-refractivity contribution in [2.24, 2.45) is 0 Å². The molecule has 0 heterocycles. The van der Waals surface area contributed by atoms with E-state index in [1.807, 2.05) is 6.92 Å². The standard InChI is InChI=1S/C24H31Cl2N3O5S/c1-5-6-13-27-24(31)17(2)28(15-18-9-7-10-19(14-18)34-3)22(30)16-29(35(4,32)33)21-12-8-11-20(25)23(21)26/h7-12,14,17H,5-6,13,15-16H2,1-4H3,(H,27,31). The molecule has 192 valence electrons. The molecular weight excluding hydrogens is 513 g/mol. The number of carbonyl (C=O) groups is 2. The van der Waals surface area contributed by atoms with E-state index in [2.05, 4.69) is 5.32 Å². The van der Waals surface area contributed by atoms with Crippen molar-refractivity contribution in [3.63, 3.8) is 0 Å². The number of rotatable bonds is 12. The smallest absolute Gasteiger partial charge is 0.244 e. The maximum atomic E-state index is 13.5. The molecule has 0 aliphatic rings. The number of methoxy groups -OCH3 is 1. The zero-order valence-electron chi connectivity index (χ0n) is 20.3. The zero-order valence-corrected chi connectivity index (χ0v) is 22.6. The second-order valence-corrected chi connectivity index (χ2v) is 10.7. The van der Waals surface area contributed by atoms with Crippen molar-refractivity contribution >= 4 is 50.7 Å². The summed E-state index contributed by atoms with van der Waals surface area (Å²) in [5.74, 6) is -0.313. The Balaban J connectivity index is 2.41. The summed E-state index contributed by atoms with van der Waals surface area (Å²) in [6, 6.07) is 10.8. The minimum absolute atomic E-state index is 0.0112. The van der Waals surface area contributed by atoms with E-state index >= 15 is 0 Å². The average Bonchev–Trinajstić information content (AvgIpc) is 2.82. The van der Waals surface area contributed by atoms with Crippen LogP contribution in [0.15, 0.2) is 42.5 Å². The van der Waals surface area contributed by atoms with Gasteiger partial charge in [-0.05, 0) is 43.2 Å². The molecular formula is C24H31Cl2N3O5S. The molecule has 2 aromatic carbocycles. The van der Waals surface area contributed by atoms with Crippen LogP contribution in [0.5, 0.6) is 5.75 Å². The quantitative estimate of drug-likeness (QED) is 0.406. The molecule has 35 heavy (non-hydrogen) atoms. The molecule has 1 unspecified atom stereocenters. The fourth-order valence-electron chi connectivity index (χ4n) is 3.37. The summed E-state index contributed by atoms with van der Waals surface area (Å²) in [6.07, 6.45) is 2.69. The number of carbonyl (C=O) groups excluding carboxylic acids is 2. The van der Waals surface area contributed by atoms with Crippen LogP contribution < -0.4 is 14.4 Å². The van der Waals surface area contributed by atoms with Gasteiger partial charge < -0.3 is 15.0 Å². The number of halogens is 2. The van der Waals surface area contributed by atoms with Gasteiger partial charge in [-0.3, -0.25) is 13.9 Å². The highest BCUT2D eigenvalue weighted by Gasteiger charge is 2.31. The van der Waals surface area contributed by atoms with Crippen LogP contribution >= 0.6 is 23.2 Å². The molecule has 0 saturated heterocycles. The Hall–Kier alpha value is -2.49. The lowest BCUT2D eigenvalue weighted by Crippen LogP contribution is -2.51. The molecule has 2 aromatic rings. The van der Waals surface area contributed by atoms with Crippen molar-refractivity contribution in [3.05, 3.63) is 58.1 Å². The number of ether oxygens (including phenoxy) is 1. The lowest BCUT2D eigenvalue weighted by Gasteiger charge is -2.31. The molecule has 0 aromatic heterocycles. The highest BCUT2D eigenvalue weighted by molar-refractivity contribution is 7.92. The summed E-state index contributed by atoms with van der Waals surface area (Å²) in [5.41, 5.74) is 0.800. The van der Waals surface area contributed by atoms with E-state index in [9.17, 15) is 18.0 Å². The number of hydrogen-bond donors (Lipinski definition) is 1. The average molecular weight is 545 g/mol. The van der Waals surface area contributed by atoms with Crippen LogP contribution in [-0.4, -0.2) is 57.6 Å². The Labute approximate surface area is 217 Å². The van der Waals surface area contributed by atoms with E-state index in [1.54, 1.807) is 37.3 Å². The number of sulfonamides is 1. The van der Waals surface area contributed by atoms with Crippen molar-refractivity contribution in [1.29, 1.82) is 0 Å². The third-order valence-corrected chi connectivity index (χ3v) is 7.30. The topological polar surface area (TPSA) is 96.0 Å². The zero-order chi connectivity index (χ0) is 26.2. The summed E-state index contributed by atoms with van der Waals surface area (Å²) in [4.78, 5) is 27.7. The predicted molar refractivity (Wildman–Crippen MR) is 140 cm³/mol. The van der Waals surface area contributed by atoms with Crippen LogP contribution in [0.3, 0.4) is 0 Å². The first-order valence-corrected chi connectivity index (χ1v) is 13.7. The Morgan fingerprint density at radius 1 is 1.14 bits per heavy atom. The first-order chi connectivity index (χ1) is 16.5. The number of nitrogens with zero attached hydrogens (tertiary/aromatic N) is 2. The molecule has 0 aliphatic heterocycles. The van der Waals surface area contributed by atoms with E-state index in [0.29, 0.717) is 12.3 Å². The molecule has 0 aliphatic carbocycles. The molecule has 1 N–H and O–H groups in total. The number of nitrogens with one attached hydrogen (secondary N) is 1. The summed E-state index contributed by atoms with van der Waals surface area (Å²) >= 11 is 12.3. The molecule has 2 amide bonds. The van der Waals surface area contributed by atoms with Crippen LogP contribution in [0.1, 0.15) is 32.3 Å². The van der Waals surface area contributed by atoms with Gasteiger partial charge in [-0.1, -0.05) is 54.7 Å². The first kappa shape index (κ1) is 28.7. The van der Waals surface area contributed by atoms with Gasteiger partial charge >= 0.3 is 0 Å². The van der Waals surface area contributed by atoms with Crippen molar-refractivity contribution in [3.8, 4) is 5.75 Å². The van der Waals surface area contributed by atoms with Crippen molar-refractivity contribution < 1.29 is 22.7 Å². The van der Waals surface area contributed by atoms with Gasteiger partial charge in [-0.2, -0.15) is 0 Å². The largest absolute Gasteiger partial charge is 0.497 e. The number of benzene rings is 2. The fraction of sp³-hybridized carbons (Fsp3) is 0.417. The molecule has 0 fully saturated rings. The molecule has 2 rings (SSSR count). The summed E-state index contributed by atoms with van der Waals surface area (Å²) in [6.45, 7) is 3.61. The molecule has 0 radical (unpaired) electrons. The second-order valence-electron chi connectivity index (χ2n) is 8.04. The Morgan fingerprint density at radius 3 is 2.46 bits per heavy atom. The molecule has 1 atom stereocenters. The summed E-state index contributed by atoms with van der Waals surface area (Å²) in [7, 11) is -2.38. The van der Waals surface area contributed by atoms with Crippen LogP contribution in [0.25, 0.3) is 0 Å². The van der Waals surface area contributed by atoms with E-state index in [1.165, 1.54) is 24.1 Å². The fourth-order valence-corrected chi connectivity index (χ4v) is 4.67. The van der Waals surface area contributed by atoms with E-state index in [-0.39, 0.29) is 28.2 Å². The van der Waals surface area contributed by atoms with E-state index < -0.39 is 28.5 Å². The normalized spacial score (nSPS) is 12.1. The van der Waals surface area contributed by atoms with Crippen LogP contribution in [0, 0.1) is 0 Å². The number of hydrogen-bond acceptors (Lipinski definition) is 5. The lowest BCUT2D eigenvalue weighted by atomic mass is 10.1. The Morgan fingerprint density at radius 2 is 1.83 bits per heavy atom. The minimum atomic E-state index is -3.91. The predicted octanol–water partition coefficient (Wildman–Crippen LogP) is 4.10. The van der Waals surface area contributed by atoms with Crippen molar-refractivity contribution in [1.82, 2.24) is 10.2 Å². The van der Waals surface area contributed by atoms with Gasteiger partial charge in [0.15, 0.2) is 0 Å². The van der Waals surface area contributed by atoms with Gasteiger partial charge in [-0.25, -0.2) is 8.42 Å². The van der Waals surface area contributed by atoms with Gasteiger partial charge in [0, 0.05) is 13.1 Å². The van der Waals surface area contributed by atoms with Gasteiger partial charge in [0.05, 0.1) is 29.1 Å². The van der Waals surface area contributed by atoms with Crippen LogP contribution in [-0.2, 0) is 26.2 Å². The Kier molecular flexibility index (Phi) is 10.7. The van der Waals surface area contributed by atoms with Crippen molar-refractivity contribution in [2.45, 2.75) is 39.3 Å². The SMILES string of the molecule is CCCCNC(=O)C(C)N(Cc1cccc(OC)c1)C(=O)CN(c1cccc(Cl)c1Cl)S(C)(=O)=O. The molecule has 0 bridgehead atoms. The Bertz CT molecular complexity index is 1140. The third-order valence-electron chi connectivity index (χ3n) is 5.36. The van der Waals surface area contributed by atoms with Crippen molar-refractivity contribution in [2.75, 3.05) is 30.8 Å². The summed E-state index contributed by atoms with van der Waals surface area (Å²) < 4.78 is 31.4. The second kappa shape index (κ2) is 13.0. The highest BCUT2D eigenvalue weighted by atomic mass is 35.5. The molecule has 0 saturated carbocycles. The van der Waals surface area contributed by atoms with Gasteiger partial charge in [-0.15, -0.1) is 0 Å². The minimum Gasteiger partial charge on any atom is -0.497 e. The highest BCUT2D eigenvalue weighted by Crippen LogP contribution is 2.33. The molecule has 11 heteroatoms. The van der Waals surface area contributed by atoms with Crippen LogP contribution in [0.4, 0.5) is 5.69 Å². The third kappa shape index (κ3) is 8.02. The van der Waals surface area contributed by atoms with Gasteiger partial charge in [0.2, 0.25) is 21.8 Å². The molecule has 8 nitrogen and oxygen atoms in total.